The van der Waals surface area contributed by atoms with Crippen LogP contribution in [0.3, 0.4) is 0 Å². The molecule has 1 aliphatic heterocycles. The normalized spacial score (nSPS) is 14.2. The van der Waals surface area contributed by atoms with Crippen LogP contribution in [0.2, 0.25) is 0 Å². The Balaban J connectivity index is 1.91. The van der Waals surface area contributed by atoms with Gasteiger partial charge < -0.3 is 0 Å². The number of fused-ring (bicyclic) bond motifs is 1. The summed E-state index contributed by atoms with van der Waals surface area (Å²) in [5, 5.41) is 0. The Kier molecular flexibility index (Phi) is 5.81. The minimum Gasteiger partial charge on any atom is -0.274 e. The van der Waals surface area contributed by atoms with Crippen molar-refractivity contribution in [2.75, 3.05) is 6.54 Å². The number of thiophene rings is 1. The van der Waals surface area contributed by atoms with Crippen LogP contribution in [0.4, 0.5) is 0 Å². The first-order valence-electron chi connectivity index (χ1n) is 6.92. The van der Waals surface area contributed by atoms with E-state index in [1.165, 1.54) is 41.9 Å². The fraction of sp³-hybridized carbons (Fsp3) is 0.571. The van der Waals surface area contributed by atoms with Gasteiger partial charge in [0.25, 0.3) is 11.8 Å². The number of halogens is 2. The lowest BCUT2D eigenvalue weighted by Crippen LogP contribution is -2.31. The summed E-state index contributed by atoms with van der Waals surface area (Å²) in [7, 11) is 0. The number of imide groups is 1. The Labute approximate surface area is 140 Å². The highest BCUT2D eigenvalue weighted by Crippen LogP contribution is 2.41. The molecule has 0 atom stereocenters. The molecule has 6 heteroatoms. The highest BCUT2D eigenvalue weighted by atomic mass is 79.9. The van der Waals surface area contributed by atoms with Crippen molar-refractivity contribution in [3.05, 3.63) is 18.7 Å². The Morgan fingerprint density at radius 2 is 1.40 bits per heavy atom. The zero-order valence-corrected chi connectivity index (χ0v) is 15.4. The zero-order valence-electron chi connectivity index (χ0n) is 11.4. The molecule has 2 amide bonds. The van der Waals surface area contributed by atoms with E-state index >= 15 is 0 Å². The molecule has 0 N–H and O–H groups in total. The highest BCUT2D eigenvalue weighted by Gasteiger charge is 2.40. The molecule has 20 heavy (non-hydrogen) atoms. The summed E-state index contributed by atoms with van der Waals surface area (Å²) in [5.74, 6) is -0.320. The average Bonchev–Trinajstić information content (AvgIpc) is 2.84. The third-order valence-corrected chi connectivity index (χ3v) is 6.01. The molecule has 1 aliphatic rings. The summed E-state index contributed by atoms with van der Waals surface area (Å²) in [6.45, 7) is 2.72. The predicted molar refractivity (Wildman–Crippen MR) is 88.5 cm³/mol. The summed E-state index contributed by atoms with van der Waals surface area (Å²) in [6, 6.07) is 0. The lowest BCUT2D eigenvalue weighted by atomic mass is 10.1. The summed E-state index contributed by atoms with van der Waals surface area (Å²) < 4.78 is 1.48. The molecule has 0 aliphatic carbocycles. The molecule has 2 heterocycles. The van der Waals surface area contributed by atoms with Crippen molar-refractivity contribution in [1.82, 2.24) is 4.90 Å². The molecule has 2 rings (SSSR count). The molecule has 3 nitrogen and oxygen atoms in total. The van der Waals surface area contributed by atoms with Crippen LogP contribution in [-0.2, 0) is 0 Å². The standard InChI is InChI=1S/C14H17Br2NO2S/c1-2-3-4-5-6-7-8-17-13(18)9-10(14(17)19)12(16)20-11(9)15/h2-8H2,1H3. The van der Waals surface area contributed by atoms with Gasteiger partial charge in [-0.15, -0.1) is 11.3 Å². The summed E-state index contributed by atoms with van der Waals surface area (Å²) in [6.07, 6.45) is 6.88. The van der Waals surface area contributed by atoms with Crippen molar-refractivity contribution in [2.45, 2.75) is 45.4 Å². The second-order valence-electron chi connectivity index (χ2n) is 4.93. The van der Waals surface area contributed by atoms with Gasteiger partial charge in [-0.1, -0.05) is 39.0 Å². The van der Waals surface area contributed by atoms with E-state index in [0.717, 1.165) is 20.4 Å². The van der Waals surface area contributed by atoms with Crippen LogP contribution in [0.15, 0.2) is 7.57 Å². The maximum atomic E-state index is 12.3. The zero-order chi connectivity index (χ0) is 14.7. The van der Waals surface area contributed by atoms with E-state index in [4.69, 9.17) is 0 Å². The van der Waals surface area contributed by atoms with Gasteiger partial charge in [0, 0.05) is 6.54 Å². The van der Waals surface area contributed by atoms with Crippen molar-refractivity contribution in [3.8, 4) is 0 Å². The SMILES string of the molecule is CCCCCCCCN1C(=O)c2c(Br)sc(Br)c2C1=O. The van der Waals surface area contributed by atoms with Crippen molar-refractivity contribution in [1.29, 1.82) is 0 Å². The number of hydrogen-bond acceptors (Lipinski definition) is 3. The number of hydrogen-bond donors (Lipinski definition) is 0. The molecular weight excluding hydrogens is 406 g/mol. The Hall–Kier alpha value is -0.200. The topological polar surface area (TPSA) is 37.4 Å². The van der Waals surface area contributed by atoms with Gasteiger partial charge in [0.15, 0.2) is 0 Å². The first-order chi connectivity index (χ1) is 9.57. The van der Waals surface area contributed by atoms with Gasteiger partial charge in [0.2, 0.25) is 0 Å². The molecule has 1 aromatic rings. The molecule has 0 bridgehead atoms. The highest BCUT2D eigenvalue weighted by molar-refractivity contribution is 9.12. The smallest absolute Gasteiger partial charge is 0.263 e. The summed E-state index contributed by atoms with van der Waals surface area (Å²) in [4.78, 5) is 25.9. The van der Waals surface area contributed by atoms with Gasteiger partial charge in [0.1, 0.15) is 0 Å². The van der Waals surface area contributed by atoms with Gasteiger partial charge in [0.05, 0.1) is 18.7 Å². The molecule has 0 radical (unpaired) electrons. The van der Waals surface area contributed by atoms with E-state index in [1.807, 2.05) is 0 Å². The minimum atomic E-state index is -0.160. The van der Waals surface area contributed by atoms with Crippen LogP contribution < -0.4 is 0 Å². The molecule has 0 fully saturated rings. The van der Waals surface area contributed by atoms with E-state index < -0.39 is 0 Å². The van der Waals surface area contributed by atoms with Crippen LogP contribution >= 0.6 is 43.2 Å². The minimum absolute atomic E-state index is 0.160. The van der Waals surface area contributed by atoms with Gasteiger partial charge in [-0.2, -0.15) is 0 Å². The van der Waals surface area contributed by atoms with Gasteiger partial charge in [-0.3, -0.25) is 14.5 Å². The Morgan fingerprint density at radius 3 is 1.95 bits per heavy atom. The lowest BCUT2D eigenvalue weighted by molar-refractivity contribution is 0.0651. The largest absolute Gasteiger partial charge is 0.274 e. The fourth-order valence-electron chi connectivity index (χ4n) is 2.37. The number of carbonyl (C=O) groups excluding carboxylic acids is 2. The summed E-state index contributed by atoms with van der Waals surface area (Å²) >= 11 is 8.11. The van der Waals surface area contributed by atoms with Crippen LogP contribution in [0.5, 0.6) is 0 Å². The number of rotatable bonds is 7. The molecule has 0 spiro atoms. The molecule has 110 valence electrons. The van der Waals surface area contributed by atoms with Crippen LogP contribution in [0, 0.1) is 0 Å². The first kappa shape index (κ1) is 16.2. The van der Waals surface area contributed by atoms with Gasteiger partial charge >= 0.3 is 0 Å². The van der Waals surface area contributed by atoms with Gasteiger partial charge in [-0.25, -0.2) is 0 Å². The first-order valence-corrected chi connectivity index (χ1v) is 9.32. The van der Waals surface area contributed by atoms with E-state index in [9.17, 15) is 9.59 Å². The quantitative estimate of drug-likeness (QED) is 0.445. The van der Waals surface area contributed by atoms with Crippen LogP contribution in [-0.4, -0.2) is 23.3 Å². The average molecular weight is 423 g/mol. The van der Waals surface area contributed by atoms with Crippen molar-refractivity contribution in [3.63, 3.8) is 0 Å². The maximum Gasteiger partial charge on any atom is 0.263 e. The van der Waals surface area contributed by atoms with Gasteiger partial charge in [-0.05, 0) is 38.3 Å². The van der Waals surface area contributed by atoms with Crippen LogP contribution in [0.1, 0.15) is 66.2 Å². The number of carbonyl (C=O) groups is 2. The van der Waals surface area contributed by atoms with E-state index in [-0.39, 0.29) is 11.8 Å². The maximum absolute atomic E-state index is 12.3. The molecule has 0 unspecified atom stereocenters. The predicted octanol–water partition coefficient (Wildman–Crippen LogP) is 5.23. The molecule has 0 saturated carbocycles. The summed E-state index contributed by atoms with van der Waals surface area (Å²) in [5.41, 5.74) is 1.05. The monoisotopic (exact) mass is 421 g/mol. The lowest BCUT2D eigenvalue weighted by Gasteiger charge is -2.14. The Morgan fingerprint density at radius 1 is 0.900 bits per heavy atom. The Bertz CT molecular complexity index is 491. The molecular formula is C14H17Br2NO2S. The van der Waals surface area contributed by atoms with E-state index in [2.05, 4.69) is 38.8 Å². The second kappa shape index (κ2) is 7.18. The fourth-order valence-corrected chi connectivity index (χ4v) is 5.47. The molecule has 1 aromatic heterocycles. The number of nitrogens with zero attached hydrogens (tertiary/aromatic N) is 1. The van der Waals surface area contributed by atoms with E-state index in [0.29, 0.717) is 17.7 Å². The van der Waals surface area contributed by atoms with E-state index in [1.54, 1.807) is 0 Å². The molecule has 0 saturated heterocycles. The third kappa shape index (κ3) is 3.17. The second-order valence-corrected chi connectivity index (χ2v) is 8.59. The van der Waals surface area contributed by atoms with Crippen molar-refractivity contribution < 1.29 is 9.59 Å². The van der Waals surface area contributed by atoms with Crippen LogP contribution in [0.25, 0.3) is 0 Å². The van der Waals surface area contributed by atoms with Crippen molar-refractivity contribution >= 4 is 55.0 Å². The van der Waals surface area contributed by atoms with Crippen molar-refractivity contribution in [2.24, 2.45) is 0 Å². The number of unbranched alkanes of at least 4 members (excludes halogenated alkanes) is 5. The number of amides is 2. The molecule has 0 aromatic carbocycles. The third-order valence-electron chi connectivity index (χ3n) is 3.48.